The monoisotopic (exact) mass is 335 g/mol. The number of rotatable bonds is 5. The molecule has 1 N–H and O–H groups in total. The Morgan fingerprint density at radius 1 is 1.46 bits per heavy atom. The minimum absolute atomic E-state index is 0.0379. The van der Waals surface area contributed by atoms with Gasteiger partial charge in [-0.05, 0) is 6.08 Å². The summed E-state index contributed by atoms with van der Waals surface area (Å²) in [6.07, 6.45) is 2.67. The molecule has 1 aromatic carbocycles. The molecule has 0 spiro atoms. The maximum Gasteiger partial charge on any atom is 0.270 e. The van der Waals surface area contributed by atoms with Gasteiger partial charge in [-0.3, -0.25) is 19.7 Å². The minimum Gasteiger partial charge on any atom is -0.467 e. The third kappa shape index (κ3) is 4.07. The van der Waals surface area contributed by atoms with Gasteiger partial charge in [0, 0.05) is 43.4 Å². The van der Waals surface area contributed by atoms with Crippen LogP contribution < -0.4 is 10.1 Å². The van der Waals surface area contributed by atoms with E-state index in [2.05, 4.69) is 5.32 Å². The predicted octanol–water partition coefficient (Wildman–Crippen LogP) is 0.679. The number of ether oxygens (including phenoxy) is 2. The number of fused-ring (bicyclic) bond motifs is 1. The van der Waals surface area contributed by atoms with E-state index in [-0.39, 0.29) is 31.5 Å². The van der Waals surface area contributed by atoms with Gasteiger partial charge in [0.1, 0.15) is 5.75 Å². The number of hydrogen-bond acceptors (Lipinski definition) is 6. The SMILES string of the molecule is CNC(=O)CN(C)C(=O)/C=C/c1cc([N+](=O)[O-])cc2c1OCOC2. The highest BCUT2D eigenvalue weighted by molar-refractivity contribution is 5.94. The molecule has 0 aromatic heterocycles. The molecular weight excluding hydrogens is 318 g/mol. The zero-order valence-corrected chi connectivity index (χ0v) is 13.3. The van der Waals surface area contributed by atoms with Crippen molar-refractivity contribution in [2.24, 2.45) is 0 Å². The van der Waals surface area contributed by atoms with Gasteiger partial charge in [0.25, 0.3) is 5.69 Å². The molecule has 0 radical (unpaired) electrons. The highest BCUT2D eigenvalue weighted by Gasteiger charge is 2.20. The summed E-state index contributed by atoms with van der Waals surface area (Å²) in [5.41, 5.74) is 0.833. The lowest BCUT2D eigenvalue weighted by Crippen LogP contribution is -2.36. The Labute approximate surface area is 138 Å². The number of carbonyl (C=O) groups excluding carboxylic acids is 2. The Bertz CT molecular complexity index is 701. The largest absolute Gasteiger partial charge is 0.467 e. The van der Waals surface area contributed by atoms with E-state index in [1.54, 1.807) is 0 Å². The van der Waals surface area contributed by atoms with Crippen LogP contribution in [-0.4, -0.2) is 49.1 Å². The summed E-state index contributed by atoms with van der Waals surface area (Å²) < 4.78 is 10.5. The van der Waals surface area contributed by atoms with Crippen LogP contribution in [0.25, 0.3) is 6.08 Å². The van der Waals surface area contributed by atoms with Gasteiger partial charge in [0.05, 0.1) is 18.1 Å². The van der Waals surface area contributed by atoms with Crippen molar-refractivity contribution >= 4 is 23.6 Å². The Balaban J connectivity index is 2.24. The summed E-state index contributed by atoms with van der Waals surface area (Å²) >= 11 is 0. The van der Waals surface area contributed by atoms with Crippen molar-refractivity contribution in [2.75, 3.05) is 27.4 Å². The number of non-ortho nitro benzene ring substituents is 1. The first-order valence-electron chi connectivity index (χ1n) is 7.08. The van der Waals surface area contributed by atoms with Gasteiger partial charge in [0.2, 0.25) is 11.8 Å². The van der Waals surface area contributed by atoms with Crippen molar-refractivity contribution in [3.63, 3.8) is 0 Å². The average molecular weight is 335 g/mol. The van der Waals surface area contributed by atoms with Gasteiger partial charge in [-0.1, -0.05) is 0 Å². The van der Waals surface area contributed by atoms with E-state index in [1.807, 2.05) is 0 Å². The van der Waals surface area contributed by atoms with Gasteiger partial charge < -0.3 is 19.7 Å². The Kier molecular flexibility index (Phi) is 5.48. The van der Waals surface area contributed by atoms with Crippen molar-refractivity contribution in [3.05, 3.63) is 39.4 Å². The number of carbonyl (C=O) groups is 2. The first kappa shape index (κ1) is 17.4. The molecule has 2 amide bonds. The van der Waals surface area contributed by atoms with Gasteiger partial charge in [-0.15, -0.1) is 0 Å². The van der Waals surface area contributed by atoms with Crippen LogP contribution in [0.1, 0.15) is 11.1 Å². The lowest BCUT2D eigenvalue weighted by atomic mass is 10.1. The molecule has 0 saturated carbocycles. The zero-order chi connectivity index (χ0) is 17.7. The smallest absolute Gasteiger partial charge is 0.270 e. The molecule has 1 heterocycles. The molecule has 9 nitrogen and oxygen atoms in total. The first-order valence-corrected chi connectivity index (χ1v) is 7.08. The van der Waals surface area contributed by atoms with E-state index in [1.165, 1.54) is 43.3 Å². The van der Waals surface area contributed by atoms with Crippen molar-refractivity contribution in [2.45, 2.75) is 6.61 Å². The van der Waals surface area contributed by atoms with Crippen molar-refractivity contribution in [3.8, 4) is 5.75 Å². The molecule has 0 atom stereocenters. The van der Waals surface area contributed by atoms with Crippen LogP contribution >= 0.6 is 0 Å². The molecule has 1 aliphatic heterocycles. The van der Waals surface area contributed by atoms with E-state index in [9.17, 15) is 19.7 Å². The zero-order valence-electron chi connectivity index (χ0n) is 13.3. The van der Waals surface area contributed by atoms with Crippen LogP contribution in [0, 0.1) is 10.1 Å². The molecule has 128 valence electrons. The highest BCUT2D eigenvalue weighted by Crippen LogP contribution is 2.33. The second kappa shape index (κ2) is 7.55. The lowest BCUT2D eigenvalue weighted by Gasteiger charge is -2.19. The molecule has 9 heteroatoms. The maximum absolute atomic E-state index is 12.0. The normalized spacial score (nSPS) is 13.1. The van der Waals surface area contributed by atoms with E-state index in [4.69, 9.17) is 9.47 Å². The highest BCUT2D eigenvalue weighted by atomic mass is 16.7. The van der Waals surface area contributed by atoms with Crippen LogP contribution in [0.3, 0.4) is 0 Å². The van der Waals surface area contributed by atoms with Crippen LogP contribution in [0.2, 0.25) is 0 Å². The second-order valence-electron chi connectivity index (χ2n) is 5.09. The summed E-state index contributed by atoms with van der Waals surface area (Å²) in [6, 6.07) is 2.71. The Morgan fingerprint density at radius 3 is 2.88 bits per heavy atom. The number of hydrogen-bond donors (Lipinski definition) is 1. The maximum atomic E-state index is 12.0. The molecule has 0 bridgehead atoms. The van der Waals surface area contributed by atoms with Crippen LogP contribution in [0.4, 0.5) is 5.69 Å². The molecule has 1 aliphatic rings. The lowest BCUT2D eigenvalue weighted by molar-refractivity contribution is -0.385. The quantitative estimate of drug-likeness (QED) is 0.481. The molecule has 0 saturated heterocycles. The van der Waals surface area contributed by atoms with Gasteiger partial charge in [-0.25, -0.2) is 0 Å². The Morgan fingerprint density at radius 2 is 2.21 bits per heavy atom. The fraction of sp³-hybridized carbons (Fsp3) is 0.333. The van der Waals surface area contributed by atoms with Crippen LogP contribution in [0.5, 0.6) is 5.75 Å². The third-order valence-corrected chi connectivity index (χ3v) is 3.38. The standard InChI is InChI=1S/C15H17N3O6/c1-16-13(19)7-17(2)14(20)4-3-10-5-12(18(21)22)6-11-8-23-9-24-15(10)11/h3-6H,7-9H2,1-2H3,(H,16,19)/b4-3+. The van der Waals surface area contributed by atoms with Crippen molar-refractivity contribution in [1.29, 1.82) is 0 Å². The molecule has 1 aromatic rings. The Hall–Kier alpha value is -2.94. The van der Waals surface area contributed by atoms with E-state index >= 15 is 0 Å². The van der Waals surface area contributed by atoms with Crippen LogP contribution in [0.15, 0.2) is 18.2 Å². The number of amides is 2. The number of nitro groups is 1. The van der Waals surface area contributed by atoms with Crippen molar-refractivity contribution in [1.82, 2.24) is 10.2 Å². The van der Waals surface area contributed by atoms with Crippen LogP contribution in [-0.2, 0) is 20.9 Å². The van der Waals surface area contributed by atoms with Gasteiger partial charge >= 0.3 is 0 Å². The van der Waals surface area contributed by atoms with Gasteiger partial charge in [-0.2, -0.15) is 0 Å². The molecule has 0 aliphatic carbocycles. The number of likely N-dealkylation sites (N-methyl/N-ethyl adjacent to an activating group) is 2. The third-order valence-electron chi connectivity index (χ3n) is 3.38. The molecule has 24 heavy (non-hydrogen) atoms. The average Bonchev–Trinajstić information content (AvgIpc) is 2.58. The first-order chi connectivity index (χ1) is 11.4. The number of nitro benzene ring substituents is 1. The summed E-state index contributed by atoms with van der Waals surface area (Å²) in [5.74, 6) is -0.261. The fourth-order valence-corrected chi connectivity index (χ4v) is 2.12. The second-order valence-corrected chi connectivity index (χ2v) is 5.09. The summed E-state index contributed by atoms with van der Waals surface area (Å²) in [4.78, 5) is 35.0. The van der Waals surface area contributed by atoms with E-state index < -0.39 is 10.8 Å². The molecular formula is C15H17N3O6. The predicted molar refractivity (Wildman–Crippen MR) is 84.1 cm³/mol. The van der Waals surface area contributed by atoms with E-state index in [0.717, 1.165) is 0 Å². The molecule has 0 unspecified atom stereocenters. The minimum atomic E-state index is -0.522. The number of benzene rings is 1. The fourth-order valence-electron chi connectivity index (χ4n) is 2.12. The number of nitrogens with zero attached hydrogens (tertiary/aromatic N) is 2. The van der Waals surface area contributed by atoms with E-state index in [0.29, 0.717) is 16.9 Å². The topological polar surface area (TPSA) is 111 Å². The molecule has 0 fully saturated rings. The summed E-state index contributed by atoms with van der Waals surface area (Å²) in [5, 5.41) is 13.4. The van der Waals surface area contributed by atoms with Crippen molar-refractivity contribution < 1.29 is 24.0 Å². The van der Waals surface area contributed by atoms with Gasteiger partial charge in [0.15, 0.2) is 6.79 Å². The summed E-state index contributed by atoms with van der Waals surface area (Å²) in [7, 11) is 2.96. The summed E-state index contributed by atoms with van der Waals surface area (Å²) in [6.45, 7) is 0.148. The number of nitrogens with one attached hydrogen (secondary N) is 1. The molecule has 2 rings (SSSR count).